The summed E-state index contributed by atoms with van der Waals surface area (Å²) in [6, 6.07) is 6.34. The van der Waals surface area contributed by atoms with E-state index < -0.39 is 0 Å². The van der Waals surface area contributed by atoms with Crippen LogP contribution in [0.4, 0.5) is 0 Å². The van der Waals surface area contributed by atoms with Gasteiger partial charge in [-0.1, -0.05) is 6.07 Å². The first-order chi connectivity index (χ1) is 7.92. The zero-order chi connectivity index (χ0) is 10.8. The fourth-order valence-corrected chi connectivity index (χ4v) is 2.20. The van der Waals surface area contributed by atoms with Crippen LogP contribution in [0.15, 0.2) is 24.4 Å². The van der Waals surface area contributed by atoms with Crippen molar-refractivity contribution in [2.75, 3.05) is 13.1 Å². The SMILES string of the molecule is C1=Cc2cc(O[C@@H]3CCNC3)ccc2CN1. The molecule has 0 saturated carbocycles. The molecule has 2 heterocycles. The van der Waals surface area contributed by atoms with Gasteiger partial charge in [-0.15, -0.1) is 0 Å². The molecular formula is C13H16N2O. The van der Waals surface area contributed by atoms with Crippen LogP contribution in [0.1, 0.15) is 17.5 Å². The van der Waals surface area contributed by atoms with Gasteiger partial charge in [-0.25, -0.2) is 0 Å². The molecule has 3 nitrogen and oxygen atoms in total. The number of rotatable bonds is 2. The Balaban J connectivity index is 1.78. The van der Waals surface area contributed by atoms with Gasteiger partial charge < -0.3 is 15.4 Å². The minimum atomic E-state index is 0.337. The maximum Gasteiger partial charge on any atom is 0.120 e. The first-order valence-corrected chi connectivity index (χ1v) is 5.82. The molecule has 16 heavy (non-hydrogen) atoms. The lowest BCUT2D eigenvalue weighted by atomic mass is 10.1. The summed E-state index contributed by atoms with van der Waals surface area (Å²) in [6.45, 7) is 2.95. The van der Waals surface area contributed by atoms with Gasteiger partial charge in [0.05, 0.1) is 0 Å². The first kappa shape index (κ1) is 9.73. The summed E-state index contributed by atoms with van der Waals surface area (Å²) >= 11 is 0. The predicted octanol–water partition coefficient (Wildman–Crippen LogP) is 1.50. The number of nitrogens with one attached hydrogen (secondary N) is 2. The van der Waals surface area contributed by atoms with E-state index in [-0.39, 0.29) is 0 Å². The highest BCUT2D eigenvalue weighted by Gasteiger charge is 2.16. The highest BCUT2D eigenvalue weighted by Crippen LogP contribution is 2.22. The van der Waals surface area contributed by atoms with Crippen LogP contribution in [0.25, 0.3) is 6.08 Å². The average Bonchev–Trinajstić information content (AvgIpc) is 2.82. The van der Waals surface area contributed by atoms with Gasteiger partial charge in [0.15, 0.2) is 0 Å². The lowest BCUT2D eigenvalue weighted by molar-refractivity contribution is 0.223. The Kier molecular flexibility index (Phi) is 2.54. The highest BCUT2D eigenvalue weighted by molar-refractivity contribution is 5.57. The summed E-state index contributed by atoms with van der Waals surface area (Å²) in [5.41, 5.74) is 2.60. The van der Waals surface area contributed by atoms with Crippen molar-refractivity contribution in [1.29, 1.82) is 0 Å². The molecule has 2 aliphatic rings. The highest BCUT2D eigenvalue weighted by atomic mass is 16.5. The van der Waals surface area contributed by atoms with Crippen LogP contribution in [0.2, 0.25) is 0 Å². The topological polar surface area (TPSA) is 33.3 Å². The average molecular weight is 216 g/mol. The van der Waals surface area contributed by atoms with Crippen LogP contribution in [0, 0.1) is 0 Å². The van der Waals surface area contributed by atoms with Gasteiger partial charge in [0, 0.05) is 13.1 Å². The maximum atomic E-state index is 5.92. The molecule has 0 bridgehead atoms. The summed E-state index contributed by atoms with van der Waals surface area (Å²) < 4.78 is 5.92. The summed E-state index contributed by atoms with van der Waals surface area (Å²) in [4.78, 5) is 0. The zero-order valence-electron chi connectivity index (χ0n) is 9.20. The van der Waals surface area contributed by atoms with E-state index >= 15 is 0 Å². The van der Waals surface area contributed by atoms with Crippen LogP contribution in [-0.2, 0) is 6.54 Å². The van der Waals surface area contributed by atoms with Gasteiger partial charge >= 0.3 is 0 Å². The normalized spacial score (nSPS) is 22.6. The molecule has 3 rings (SSSR count). The molecule has 0 unspecified atom stereocenters. The standard InChI is InChI=1S/C13H16N2O/c1-2-12(16-13-4-6-15-9-13)7-10-3-5-14-8-11(1)10/h1-3,5,7,13-15H,4,6,8-9H2/t13-/m1/s1. The van der Waals surface area contributed by atoms with Gasteiger partial charge in [0.1, 0.15) is 11.9 Å². The molecule has 1 saturated heterocycles. The van der Waals surface area contributed by atoms with E-state index in [0.717, 1.165) is 31.8 Å². The molecule has 1 atom stereocenters. The second kappa shape index (κ2) is 4.18. The van der Waals surface area contributed by atoms with Crippen molar-refractivity contribution in [2.45, 2.75) is 19.1 Å². The Hall–Kier alpha value is -1.48. The van der Waals surface area contributed by atoms with E-state index in [1.165, 1.54) is 11.1 Å². The lowest BCUT2D eigenvalue weighted by Gasteiger charge is -2.16. The first-order valence-electron chi connectivity index (χ1n) is 5.82. The number of benzene rings is 1. The predicted molar refractivity (Wildman–Crippen MR) is 64.2 cm³/mol. The quantitative estimate of drug-likeness (QED) is 0.786. The molecule has 2 N–H and O–H groups in total. The van der Waals surface area contributed by atoms with E-state index in [0.29, 0.717) is 6.10 Å². The molecule has 2 aliphatic heterocycles. The van der Waals surface area contributed by atoms with Crippen molar-refractivity contribution in [3.63, 3.8) is 0 Å². The minimum Gasteiger partial charge on any atom is -0.489 e. The van der Waals surface area contributed by atoms with Crippen molar-refractivity contribution in [2.24, 2.45) is 0 Å². The molecule has 0 aromatic heterocycles. The third kappa shape index (κ3) is 1.91. The van der Waals surface area contributed by atoms with Crippen molar-refractivity contribution in [3.05, 3.63) is 35.5 Å². The number of hydrogen-bond donors (Lipinski definition) is 2. The Bertz CT molecular complexity index is 408. The Labute approximate surface area is 95.5 Å². The molecule has 1 fully saturated rings. The van der Waals surface area contributed by atoms with Gasteiger partial charge in [0.2, 0.25) is 0 Å². The maximum absolute atomic E-state index is 5.92. The van der Waals surface area contributed by atoms with Crippen LogP contribution in [0.5, 0.6) is 5.75 Å². The van der Waals surface area contributed by atoms with E-state index in [1.807, 2.05) is 6.20 Å². The second-order valence-corrected chi connectivity index (χ2v) is 4.31. The largest absolute Gasteiger partial charge is 0.489 e. The Morgan fingerprint density at radius 3 is 3.19 bits per heavy atom. The van der Waals surface area contributed by atoms with E-state index in [9.17, 15) is 0 Å². The van der Waals surface area contributed by atoms with Crippen molar-refractivity contribution < 1.29 is 4.74 Å². The molecule has 0 radical (unpaired) electrons. The fourth-order valence-electron chi connectivity index (χ4n) is 2.20. The smallest absolute Gasteiger partial charge is 0.120 e. The summed E-state index contributed by atoms with van der Waals surface area (Å²) in [5.74, 6) is 0.985. The monoisotopic (exact) mass is 216 g/mol. The third-order valence-corrected chi connectivity index (χ3v) is 3.11. The van der Waals surface area contributed by atoms with Crippen LogP contribution in [0.3, 0.4) is 0 Å². The minimum absolute atomic E-state index is 0.337. The Morgan fingerprint density at radius 2 is 2.31 bits per heavy atom. The van der Waals surface area contributed by atoms with Gasteiger partial charge in [0.25, 0.3) is 0 Å². The van der Waals surface area contributed by atoms with Crippen LogP contribution < -0.4 is 15.4 Å². The van der Waals surface area contributed by atoms with E-state index in [4.69, 9.17) is 4.74 Å². The lowest BCUT2D eigenvalue weighted by Crippen LogP contribution is -2.19. The van der Waals surface area contributed by atoms with Crippen LogP contribution in [-0.4, -0.2) is 19.2 Å². The molecule has 0 aliphatic carbocycles. The van der Waals surface area contributed by atoms with Gasteiger partial charge in [-0.3, -0.25) is 0 Å². The van der Waals surface area contributed by atoms with E-state index in [2.05, 4.69) is 34.9 Å². The summed E-state index contributed by atoms with van der Waals surface area (Å²) in [5, 5.41) is 6.51. The second-order valence-electron chi connectivity index (χ2n) is 4.31. The van der Waals surface area contributed by atoms with Crippen LogP contribution >= 0.6 is 0 Å². The molecule has 84 valence electrons. The number of fused-ring (bicyclic) bond motifs is 1. The van der Waals surface area contributed by atoms with Crippen molar-refractivity contribution in [3.8, 4) is 5.75 Å². The summed E-state index contributed by atoms with van der Waals surface area (Å²) in [6.07, 6.45) is 5.53. The molecule has 0 amide bonds. The Morgan fingerprint density at radius 1 is 1.31 bits per heavy atom. The molecule has 1 aromatic rings. The van der Waals surface area contributed by atoms with Gasteiger partial charge in [-0.05, 0) is 48.5 Å². The van der Waals surface area contributed by atoms with Crippen molar-refractivity contribution in [1.82, 2.24) is 10.6 Å². The zero-order valence-corrected chi connectivity index (χ0v) is 9.20. The molecule has 3 heteroatoms. The molecule has 0 spiro atoms. The molecule has 1 aromatic carbocycles. The molecular weight excluding hydrogens is 200 g/mol. The third-order valence-electron chi connectivity index (χ3n) is 3.11. The van der Waals surface area contributed by atoms with E-state index in [1.54, 1.807) is 0 Å². The number of ether oxygens (including phenoxy) is 1. The summed E-state index contributed by atoms with van der Waals surface area (Å²) in [7, 11) is 0. The fraction of sp³-hybridized carbons (Fsp3) is 0.385. The van der Waals surface area contributed by atoms with Crippen molar-refractivity contribution >= 4 is 6.08 Å². The van der Waals surface area contributed by atoms with Gasteiger partial charge in [-0.2, -0.15) is 0 Å². The number of hydrogen-bond acceptors (Lipinski definition) is 3.